The number of methoxy groups -OCH3 is 1. The Bertz CT molecular complexity index is 465. The van der Waals surface area contributed by atoms with E-state index in [9.17, 15) is 4.79 Å². The second-order valence-electron chi connectivity index (χ2n) is 2.79. The Kier molecular flexibility index (Phi) is 2.45. The number of rotatable bonds is 2. The summed E-state index contributed by atoms with van der Waals surface area (Å²) in [5.41, 5.74) is 0.764. The molecule has 0 amide bonds. The van der Waals surface area contributed by atoms with Crippen LogP contribution in [0, 0.1) is 0 Å². The highest BCUT2D eigenvalue weighted by Crippen LogP contribution is 2.20. The van der Waals surface area contributed by atoms with Gasteiger partial charge in [0.25, 0.3) is 0 Å². The van der Waals surface area contributed by atoms with E-state index >= 15 is 0 Å². The van der Waals surface area contributed by atoms with Crippen molar-refractivity contribution in [1.29, 1.82) is 0 Å². The highest BCUT2D eigenvalue weighted by atomic mass is 16.5. The first kappa shape index (κ1) is 9.39. The molecule has 0 saturated heterocycles. The van der Waals surface area contributed by atoms with Crippen LogP contribution in [0.25, 0.3) is 11.3 Å². The Morgan fingerprint density at radius 2 is 2.20 bits per heavy atom. The van der Waals surface area contributed by atoms with E-state index in [0.29, 0.717) is 5.76 Å². The summed E-state index contributed by atoms with van der Waals surface area (Å²) in [7, 11) is 1.30. The van der Waals surface area contributed by atoms with Crippen LogP contribution in [0.5, 0.6) is 0 Å². The van der Waals surface area contributed by atoms with Crippen LogP contribution >= 0.6 is 0 Å². The number of hydrogen-bond donors (Lipinski definition) is 0. The van der Waals surface area contributed by atoms with Gasteiger partial charge in [0.15, 0.2) is 0 Å². The van der Waals surface area contributed by atoms with Crippen molar-refractivity contribution >= 4 is 5.97 Å². The van der Waals surface area contributed by atoms with E-state index < -0.39 is 5.97 Å². The monoisotopic (exact) mass is 204 g/mol. The molecule has 0 unspecified atom stereocenters. The van der Waals surface area contributed by atoms with Crippen molar-refractivity contribution in [3.63, 3.8) is 0 Å². The van der Waals surface area contributed by atoms with Crippen molar-refractivity contribution in [2.24, 2.45) is 0 Å². The van der Waals surface area contributed by atoms with E-state index in [-0.39, 0.29) is 5.76 Å². The SMILES string of the molecule is COC(=O)c1ccc(-c2ccnnc2)o1. The molecule has 0 radical (unpaired) electrons. The minimum Gasteiger partial charge on any atom is -0.463 e. The van der Waals surface area contributed by atoms with Gasteiger partial charge in [-0.05, 0) is 18.2 Å². The van der Waals surface area contributed by atoms with Gasteiger partial charge in [-0.1, -0.05) is 0 Å². The average molecular weight is 204 g/mol. The lowest BCUT2D eigenvalue weighted by Gasteiger charge is -1.94. The Labute approximate surface area is 85.7 Å². The van der Waals surface area contributed by atoms with Crippen molar-refractivity contribution in [2.45, 2.75) is 0 Å². The van der Waals surface area contributed by atoms with Crippen LogP contribution < -0.4 is 0 Å². The normalized spacial score (nSPS) is 9.93. The molecular weight excluding hydrogens is 196 g/mol. The Morgan fingerprint density at radius 3 is 2.87 bits per heavy atom. The summed E-state index contributed by atoms with van der Waals surface area (Å²) >= 11 is 0. The molecule has 2 aromatic rings. The van der Waals surface area contributed by atoms with Gasteiger partial charge >= 0.3 is 5.97 Å². The maximum atomic E-state index is 11.1. The second kappa shape index (κ2) is 3.91. The standard InChI is InChI=1S/C10H8N2O3/c1-14-10(13)9-3-2-8(15-9)7-4-5-11-12-6-7/h2-6H,1H3. The molecule has 0 atom stereocenters. The number of esters is 1. The van der Waals surface area contributed by atoms with Crippen LogP contribution in [0.15, 0.2) is 35.0 Å². The van der Waals surface area contributed by atoms with Gasteiger partial charge in [-0.3, -0.25) is 0 Å². The summed E-state index contributed by atoms with van der Waals surface area (Å²) in [4.78, 5) is 11.1. The Balaban J connectivity index is 2.32. The van der Waals surface area contributed by atoms with Gasteiger partial charge in [0.05, 0.1) is 19.5 Å². The predicted octanol–water partition coefficient (Wildman–Crippen LogP) is 1.52. The molecular formula is C10H8N2O3. The minimum atomic E-state index is -0.497. The van der Waals surface area contributed by atoms with Gasteiger partial charge in [0, 0.05) is 5.56 Å². The number of carbonyl (C=O) groups excluding carboxylic acids is 1. The number of carbonyl (C=O) groups is 1. The second-order valence-corrected chi connectivity index (χ2v) is 2.79. The fraction of sp³-hybridized carbons (Fsp3) is 0.100. The molecule has 0 fully saturated rings. The number of ether oxygens (including phenoxy) is 1. The van der Waals surface area contributed by atoms with Gasteiger partial charge in [0.2, 0.25) is 5.76 Å². The third kappa shape index (κ3) is 1.85. The van der Waals surface area contributed by atoms with Crippen LogP contribution in [-0.4, -0.2) is 23.3 Å². The lowest BCUT2D eigenvalue weighted by Crippen LogP contribution is -1.98. The predicted molar refractivity (Wildman–Crippen MR) is 51.1 cm³/mol. The third-order valence-electron chi connectivity index (χ3n) is 1.86. The molecule has 0 N–H and O–H groups in total. The first-order valence-electron chi connectivity index (χ1n) is 4.26. The van der Waals surface area contributed by atoms with Crippen molar-refractivity contribution in [2.75, 3.05) is 7.11 Å². The van der Waals surface area contributed by atoms with Gasteiger partial charge in [-0.15, -0.1) is 0 Å². The van der Waals surface area contributed by atoms with E-state index in [4.69, 9.17) is 4.42 Å². The third-order valence-corrected chi connectivity index (χ3v) is 1.86. The fourth-order valence-corrected chi connectivity index (χ4v) is 1.14. The molecule has 0 spiro atoms. The van der Waals surface area contributed by atoms with Gasteiger partial charge in [-0.25, -0.2) is 4.79 Å². The Morgan fingerprint density at radius 1 is 1.33 bits per heavy atom. The molecule has 5 heteroatoms. The van der Waals surface area contributed by atoms with Crippen LogP contribution in [0.2, 0.25) is 0 Å². The lowest BCUT2D eigenvalue weighted by molar-refractivity contribution is 0.0566. The van der Waals surface area contributed by atoms with Crippen LogP contribution in [0.3, 0.4) is 0 Å². The Hall–Kier alpha value is -2.17. The van der Waals surface area contributed by atoms with Crippen molar-refractivity contribution in [3.8, 4) is 11.3 Å². The summed E-state index contributed by atoms with van der Waals surface area (Å²) in [6.45, 7) is 0. The molecule has 0 aromatic carbocycles. The van der Waals surface area contributed by atoms with Crippen molar-refractivity contribution < 1.29 is 13.9 Å². The molecule has 2 heterocycles. The van der Waals surface area contributed by atoms with Crippen molar-refractivity contribution in [3.05, 3.63) is 36.4 Å². The zero-order chi connectivity index (χ0) is 10.7. The van der Waals surface area contributed by atoms with E-state index in [2.05, 4.69) is 14.9 Å². The van der Waals surface area contributed by atoms with E-state index in [1.54, 1.807) is 30.6 Å². The number of aromatic nitrogens is 2. The molecule has 76 valence electrons. The van der Waals surface area contributed by atoms with Crippen LogP contribution in [0.1, 0.15) is 10.6 Å². The van der Waals surface area contributed by atoms with Gasteiger partial charge in [-0.2, -0.15) is 10.2 Å². The van der Waals surface area contributed by atoms with Gasteiger partial charge < -0.3 is 9.15 Å². The largest absolute Gasteiger partial charge is 0.463 e. The fourth-order valence-electron chi connectivity index (χ4n) is 1.14. The molecule has 2 rings (SSSR count). The molecule has 5 nitrogen and oxygen atoms in total. The summed E-state index contributed by atoms with van der Waals surface area (Å²) in [5.74, 6) is 0.234. The van der Waals surface area contributed by atoms with E-state index in [1.807, 2.05) is 0 Å². The number of hydrogen-bond acceptors (Lipinski definition) is 5. The topological polar surface area (TPSA) is 65.2 Å². The first-order valence-corrected chi connectivity index (χ1v) is 4.26. The number of nitrogens with zero attached hydrogens (tertiary/aromatic N) is 2. The quantitative estimate of drug-likeness (QED) is 0.694. The summed E-state index contributed by atoms with van der Waals surface area (Å²) in [5, 5.41) is 7.35. The molecule has 15 heavy (non-hydrogen) atoms. The van der Waals surface area contributed by atoms with E-state index in [0.717, 1.165) is 5.56 Å². The minimum absolute atomic E-state index is 0.171. The lowest BCUT2D eigenvalue weighted by atomic mass is 10.2. The smallest absolute Gasteiger partial charge is 0.373 e. The number of furan rings is 1. The molecule has 0 aliphatic heterocycles. The maximum absolute atomic E-state index is 11.1. The maximum Gasteiger partial charge on any atom is 0.373 e. The molecule has 0 aliphatic carbocycles. The first-order chi connectivity index (χ1) is 7.31. The molecule has 0 aliphatic rings. The zero-order valence-electron chi connectivity index (χ0n) is 8.01. The molecule has 0 bridgehead atoms. The zero-order valence-corrected chi connectivity index (χ0v) is 8.01. The van der Waals surface area contributed by atoms with Crippen LogP contribution in [-0.2, 0) is 4.74 Å². The average Bonchev–Trinajstić information content (AvgIpc) is 2.78. The summed E-state index contributed by atoms with van der Waals surface area (Å²) in [6, 6.07) is 4.98. The van der Waals surface area contributed by atoms with Crippen molar-refractivity contribution in [1.82, 2.24) is 10.2 Å². The molecule has 0 saturated carbocycles. The summed E-state index contributed by atoms with van der Waals surface area (Å²) < 4.78 is 9.80. The summed E-state index contributed by atoms with van der Waals surface area (Å²) in [6.07, 6.45) is 3.11. The van der Waals surface area contributed by atoms with E-state index in [1.165, 1.54) is 7.11 Å². The molecule has 2 aromatic heterocycles. The van der Waals surface area contributed by atoms with Gasteiger partial charge in [0.1, 0.15) is 5.76 Å². The highest BCUT2D eigenvalue weighted by molar-refractivity contribution is 5.86. The van der Waals surface area contributed by atoms with Crippen LogP contribution in [0.4, 0.5) is 0 Å². The highest BCUT2D eigenvalue weighted by Gasteiger charge is 2.11.